The predicted octanol–water partition coefficient (Wildman–Crippen LogP) is 5.00. The van der Waals surface area contributed by atoms with Crippen LogP contribution in [-0.2, 0) is 0 Å². The predicted molar refractivity (Wildman–Crippen MR) is 67.3 cm³/mol. The molecule has 0 aromatic rings. The summed E-state index contributed by atoms with van der Waals surface area (Å²) in [5.74, 6) is 2.70. The summed E-state index contributed by atoms with van der Waals surface area (Å²) >= 11 is 6.69. The third-order valence-corrected chi connectivity index (χ3v) is 5.34. The molecule has 1 heteroatoms. The van der Waals surface area contributed by atoms with Crippen LogP contribution < -0.4 is 0 Å². The van der Waals surface area contributed by atoms with Crippen molar-refractivity contribution in [3.63, 3.8) is 0 Å². The van der Waals surface area contributed by atoms with Gasteiger partial charge in [-0.1, -0.05) is 39.0 Å². The lowest BCUT2D eigenvalue weighted by atomic mass is 9.66. The molecule has 0 aliphatic heterocycles. The van der Waals surface area contributed by atoms with Crippen molar-refractivity contribution >= 4 is 11.6 Å². The van der Waals surface area contributed by atoms with Crippen LogP contribution in [0.4, 0.5) is 0 Å². The second kappa shape index (κ2) is 5.57. The van der Waals surface area contributed by atoms with Gasteiger partial charge < -0.3 is 0 Å². The van der Waals surface area contributed by atoms with Crippen molar-refractivity contribution in [2.24, 2.45) is 17.8 Å². The minimum atomic E-state index is 0.510. The van der Waals surface area contributed by atoms with Crippen LogP contribution in [-0.4, -0.2) is 5.38 Å². The summed E-state index contributed by atoms with van der Waals surface area (Å²) in [6, 6.07) is 0. The Balaban J connectivity index is 1.89. The molecule has 2 rings (SSSR count). The number of hydrogen-bond donors (Lipinski definition) is 0. The lowest BCUT2D eigenvalue weighted by Gasteiger charge is -2.43. The van der Waals surface area contributed by atoms with E-state index in [1.165, 1.54) is 57.8 Å². The Morgan fingerprint density at radius 3 is 2.67 bits per heavy atom. The molecule has 0 bridgehead atoms. The molecule has 0 amide bonds. The van der Waals surface area contributed by atoms with E-state index in [1.54, 1.807) is 0 Å². The first kappa shape index (κ1) is 11.8. The Bertz CT molecular complexity index is 190. The van der Waals surface area contributed by atoms with Crippen LogP contribution in [0.2, 0.25) is 0 Å². The van der Waals surface area contributed by atoms with Crippen LogP contribution in [0.25, 0.3) is 0 Å². The molecule has 4 unspecified atom stereocenters. The zero-order chi connectivity index (χ0) is 10.7. The van der Waals surface area contributed by atoms with Crippen molar-refractivity contribution < 1.29 is 0 Å². The largest absolute Gasteiger partial charge is 0.122 e. The molecule has 15 heavy (non-hydrogen) atoms. The molecule has 0 nitrogen and oxygen atoms in total. The summed E-state index contributed by atoms with van der Waals surface area (Å²) in [5, 5.41) is 0.510. The topological polar surface area (TPSA) is 0 Å². The third-order valence-electron chi connectivity index (χ3n) is 4.66. The van der Waals surface area contributed by atoms with Gasteiger partial charge in [-0.25, -0.2) is 0 Å². The summed E-state index contributed by atoms with van der Waals surface area (Å²) in [5.41, 5.74) is 0. The number of halogens is 1. The fourth-order valence-electron chi connectivity index (χ4n) is 3.72. The van der Waals surface area contributed by atoms with E-state index >= 15 is 0 Å². The highest BCUT2D eigenvalue weighted by molar-refractivity contribution is 6.21. The van der Waals surface area contributed by atoms with E-state index in [0.29, 0.717) is 5.38 Å². The standard InChI is InChI=1S/C14H25Cl/c1-2-3-6-12-10-9-11-7-4-5-8-13(11)14(12)15/h11-14H,2-10H2,1H3. The lowest BCUT2D eigenvalue weighted by Crippen LogP contribution is -2.37. The second-order valence-corrected chi connectivity index (χ2v) is 6.14. The van der Waals surface area contributed by atoms with Crippen LogP contribution in [0.3, 0.4) is 0 Å². The maximum Gasteiger partial charge on any atom is 0.0395 e. The highest BCUT2D eigenvalue weighted by Gasteiger charge is 2.38. The van der Waals surface area contributed by atoms with Crippen molar-refractivity contribution in [2.45, 2.75) is 70.1 Å². The van der Waals surface area contributed by atoms with Crippen LogP contribution in [0.5, 0.6) is 0 Å². The maximum absolute atomic E-state index is 6.69. The van der Waals surface area contributed by atoms with Gasteiger partial charge in [-0.2, -0.15) is 0 Å². The molecule has 0 heterocycles. The lowest BCUT2D eigenvalue weighted by molar-refractivity contribution is 0.130. The van der Waals surface area contributed by atoms with Crippen molar-refractivity contribution in [1.82, 2.24) is 0 Å². The molecule has 0 N–H and O–H groups in total. The van der Waals surface area contributed by atoms with Gasteiger partial charge in [-0.15, -0.1) is 11.6 Å². The molecule has 0 spiro atoms. The van der Waals surface area contributed by atoms with Crippen LogP contribution in [0.1, 0.15) is 64.7 Å². The van der Waals surface area contributed by atoms with Crippen LogP contribution in [0, 0.1) is 17.8 Å². The smallest absolute Gasteiger partial charge is 0.0395 e. The molecule has 88 valence electrons. The number of unbranched alkanes of at least 4 members (excludes halogenated alkanes) is 1. The zero-order valence-electron chi connectivity index (χ0n) is 10.1. The summed E-state index contributed by atoms with van der Waals surface area (Å²) in [7, 11) is 0. The molecule has 2 aliphatic rings. The van der Waals surface area contributed by atoms with Gasteiger partial charge in [0.25, 0.3) is 0 Å². The van der Waals surface area contributed by atoms with E-state index in [-0.39, 0.29) is 0 Å². The Morgan fingerprint density at radius 1 is 1.07 bits per heavy atom. The molecule has 2 aliphatic carbocycles. The first-order valence-electron chi connectivity index (χ1n) is 6.97. The van der Waals surface area contributed by atoms with Gasteiger partial charge in [0.05, 0.1) is 0 Å². The molecule has 2 saturated carbocycles. The summed E-state index contributed by atoms with van der Waals surface area (Å²) < 4.78 is 0. The highest BCUT2D eigenvalue weighted by Crippen LogP contribution is 2.46. The third kappa shape index (κ3) is 2.70. The van der Waals surface area contributed by atoms with E-state index < -0.39 is 0 Å². The van der Waals surface area contributed by atoms with Gasteiger partial charge >= 0.3 is 0 Å². The first-order chi connectivity index (χ1) is 7.33. The van der Waals surface area contributed by atoms with Gasteiger partial charge in [0, 0.05) is 5.38 Å². The van der Waals surface area contributed by atoms with Gasteiger partial charge in [0.1, 0.15) is 0 Å². The SMILES string of the molecule is CCCCC1CCC2CCCCC2C1Cl. The molecule has 0 aromatic carbocycles. The normalized spacial score (nSPS) is 41.2. The van der Waals surface area contributed by atoms with E-state index in [2.05, 4.69) is 6.92 Å². The van der Waals surface area contributed by atoms with Crippen molar-refractivity contribution in [1.29, 1.82) is 0 Å². The molecular formula is C14H25Cl. The van der Waals surface area contributed by atoms with E-state index in [4.69, 9.17) is 11.6 Å². The summed E-state index contributed by atoms with van der Waals surface area (Å²) in [4.78, 5) is 0. The Hall–Kier alpha value is 0.290. The molecule has 0 radical (unpaired) electrons. The number of rotatable bonds is 3. The molecule has 2 fully saturated rings. The number of alkyl halides is 1. The Kier molecular flexibility index (Phi) is 4.37. The van der Waals surface area contributed by atoms with Gasteiger partial charge in [0.2, 0.25) is 0 Å². The zero-order valence-corrected chi connectivity index (χ0v) is 10.8. The quantitative estimate of drug-likeness (QED) is 0.597. The van der Waals surface area contributed by atoms with Crippen molar-refractivity contribution in [2.75, 3.05) is 0 Å². The first-order valence-corrected chi connectivity index (χ1v) is 7.40. The average molecular weight is 229 g/mol. The number of hydrogen-bond acceptors (Lipinski definition) is 0. The maximum atomic E-state index is 6.69. The van der Waals surface area contributed by atoms with E-state index in [0.717, 1.165) is 17.8 Å². The van der Waals surface area contributed by atoms with Gasteiger partial charge in [0.15, 0.2) is 0 Å². The number of fused-ring (bicyclic) bond motifs is 1. The molecule has 0 aromatic heterocycles. The van der Waals surface area contributed by atoms with E-state index in [1.807, 2.05) is 0 Å². The summed E-state index contributed by atoms with van der Waals surface area (Å²) in [6.07, 6.45) is 12.8. The van der Waals surface area contributed by atoms with Crippen molar-refractivity contribution in [3.8, 4) is 0 Å². The van der Waals surface area contributed by atoms with Gasteiger partial charge in [-0.05, 0) is 43.4 Å². The molecular weight excluding hydrogens is 204 g/mol. The fourth-order valence-corrected chi connectivity index (χ4v) is 4.30. The monoisotopic (exact) mass is 228 g/mol. The Labute approximate surface area is 99.8 Å². The molecule has 4 atom stereocenters. The minimum absolute atomic E-state index is 0.510. The highest BCUT2D eigenvalue weighted by atomic mass is 35.5. The van der Waals surface area contributed by atoms with Crippen LogP contribution >= 0.6 is 11.6 Å². The summed E-state index contributed by atoms with van der Waals surface area (Å²) in [6.45, 7) is 2.29. The minimum Gasteiger partial charge on any atom is -0.122 e. The fraction of sp³-hybridized carbons (Fsp3) is 1.00. The van der Waals surface area contributed by atoms with Crippen LogP contribution in [0.15, 0.2) is 0 Å². The second-order valence-electron chi connectivity index (χ2n) is 5.63. The average Bonchev–Trinajstić information content (AvgIpc) is 2.29. The van der Waals surface area contributed by atoms with Crippen molar-refractivity contribution in [3.05, 3.63) is 0 Å². The van der Waals surface area contributed by atoms with E-state index in [9.17, 15) is 0 Å². The van der Waals surface area contributed by atoms with Gasteiger partial charge in [-0.3, -0.25) is 0 Å². The molecule has 0 saturated heterocycles. The Morgan fingerprint density at radius 2 is 1.87 bits per heavy atom.